The lowest BCUT2D eigenvalue weighted by Gasteiger charge is -2.09. The van der Waals surface area contributed by atoms with E-state index >= 15 is 0 Å². The summed E-state index contributed by atoms with van der Waals surface area (Å²) in [5.74, 6) is -0.501. The summed E-state index contributed by atoms with van der Waals surface area (Å²) < 4.78 is 26.4. The fourth-order valence-electron chi connectivity index (χ4n) is 2.16. The molecule has 0 fully saturated rings. The highest BCUT2D eigenvalue weighted by molar-refractivity contribution is 7.89. The Morgan fingerprint density at radius 2 is 1.77 bits per heavy atom. The predicted molar refractivity (Wildman–Crippen MR) is 118 cm³/mol. The molecule has 0 aliphatic carbocycles. The van der Waals surface area contributed by atoms with Gasteiger partial charge in [0.25, 0.3) is 5.69 Å². The van der Waals surface area contributed by atoms with Gasteiger partial charge in [-0.15, -0.1) is 6.58 Å². The first-order chi connectivity index (χ1) is 14.2. The van der Waals surface area contributed by atoms with Gasteiger partial charge in [-0.2, -0.15) is 0 Å². The summed E-state index contributed by atoms with van der Waals surface area (Å²) in [6, 6.07) is 11.5. The SMILES string of the molecule is C=CCNS(=O)(=O)c1ccc(NC(=S)NC(=O)/C=C/c2ccc([N+](=O)[O-])cc2)cc1. The highest BCUT2D eigenvalue weighted by Crippen LogP contribution is 2.14. The summed E-state index contributed by atoms with van der Waals surface area (Å²) in [4.78, 5) is 22.1. The van der Waals surface area contributed by atoms with Crippen molar-refractivity contribution in [2.45, 2.75) is 4.90 Å². The molecule has 2 aromatic carbocycles. The summed E-state index contributed by atoms with van der Waals surface area (Å²) in [5.41, 5.74) is 1.05. The van der Waals surface area contributed by atoms with E-state index in [0.29, 0.717) is 11.3 Å². The number of carbonyl (C=O) groups is 1. The smallest absolute Gasteiger partial charge is 0.269 e. The van der Waals surface area contributed by atoms with Crippen molar-refractivity contribution >= 4 is 50.7 Å². The van der Waals surface area contributed by atoms with Crippen LogP contribution < -0.4 is 15.4 Å². The fourth-order valence-corrected chi connectivity index (χ4v) is 3.38. The molecule has 0 spiro atoms. The molecule has 9 nitrogen and oxygen atoms in total. The summed E-state index contributed by atoms with van der Waals surface area (Å²) in [5, 5.41) is 15.9. The van der Waals surface area contributed by atoms with E-state index in [1.807, 2.05) is 0 Å². The molecule has 2 rings (SSSR count). The number of anilines is 1. The Hall–Kier alpha value is -3.41. The molecule has 2 aromatic rings. The largest absolute Gasteiger partial charge is 0.332 e. The molecule has 0 aromatic heterocycles. The number of benzene rings is 2. The van der Waals surface area contributed by atoms with Gasteiger partial charge in [0.2, 0.25) is 15.9 Å². The molecule has 0 saturated heterocycles. The van der Waals surface area contributed by atoms with Crippen LogP contribution in [0.4, 0.5) is 11.4 Å². The van der Waals surface area contributed by atoms with Crippen LogP contribution in [0.15, 0.2) is 72.2 Å². The molecule has 0 bridgehead atoms. The van der Waals surface area contributed by atoms with Crippen LogP contribution in [0.5, 0.6) is 0 Å². The van der Waals surface area contributed by atoms with Gasteiger partial charge in [-0.1, -0.05) is 6.08 Å². The minimum atomic E-state index is -3.63. The van der Waals surface area contributed by atoms with Gasteiger partial charge in [0.15, 0.2) is 5.11 Å². The van der Waals surface area contributed by atoms with E-state index < -0.39 is 20.9 Å². The Bertz CT molecular complexity index is 1080. The lowest BCUT2D eigenvalue weighted by molar-refractivity contribution is -0.384. The van der Waals surface area contributed by atoms with Crippen LogP contribution in [0.25, 0.3) is 6.08 Å². The molecule has 0 aliphatic rings. The van der Waals surface area contributed by atoms with Gasteiger partial charge in [-0.25, -0.2) is 13.1 Å². The second kappa shape index (κ2) is 10.4. The van der Waals surface area contributed by atoms with Gasteiger partial charge >= 0.3 is 0 Å². The maximum absolute atomic E-state index is 12.0. The average molecular weight is 447 g/mol. The molecule has 30 heavy (non-hydrogen) atoms. The lowest BCUT2D eigenvalue weighted by Crippen LogP contribution is -2.32. The highest BCUT2D eigenvalue weighted by atomic mass is 32.2. The summed E-state index contributed by atoms with van der Waals surface area (Å²) in [6.07, 6.45) is 4.15. The summed E-state index contributed by atoms with van der Waals surface area (Å²) in [7, 11) is -3.63. The minimum absolute atomic E-state index is 0.0220. The Morgan fingerprint density at radius 3 is 2.33 bits per heavy atom. The number of non-ortho nitro benzene ring substituents is 1. The predicted octanol–water partition coefficient (Wildman–Crippen LogP) is 2.59. The van der Waals surface area contributed by atoms with Crippen molar-refractivity contribution in [1.29, 1.82) is 0 Å². The van der Waals surface area contributed by atoms with Gasteiger partial charge in [0, 0.05) is 30.4 Å². The van der Waals surface area contributed by atoms with E-state index in [1.54, 1.807) is 0 Å². The topological polar surface area (TPSA) is 130 Å². The number of carbonyl (C=O) groups excluding carboxylic acids is 1. The van der Waals surface area contributed by atoms with E-state index in [-0.39, 0.29) is 22.2 Å². The van der Waals surface area contributed by atoms with Crippen LogP contribution in [0.1, 0.15) is 5.56 Å². The lowest BCUT2D eigenvalue weighted by atomic mass is 10.2. The third-order valence-corrected chi connectivity index (χ3v) is 5.25. The van der Waals surface area contributed by atoms with Crippen LogP contribution >= 0.6 is 12.2 Å². The first kappa shape index (κ1) is 22.9. The molecule has 1 amide bonds. The second-order valence-corrected chi connectivity index (χ2v) is 7.97. The van der Waals surface area contributed by atoms with Crippen molar-refractivity contribution in [3.05, 3.63) is 82.9 Å². The van der Waals surface area contributed by atoms with Crippen LogP contribution in [0.2, 0.25) is 0 Å². The number of rotatable bonds is 8. The number of nitrogens with one attached hydrogen (secondary N) is 3. The maximum Gasteiger partial charge on any atom is 0.269 e. The number of hydrogen-bond donors (Lipinski definition) is 3. The molecule has 0 heterocycles. The Kier molecular flexibility index (Phi) is 7.92. The highest BCUT2D eigenvalue weighted by Gasteiger charge is 2.12. The second-order valence-electron chi connectivity index (χ2n) is 5.79. The number of hydrogen-bond acceptors (Lipinski definition) is 6. The van der Waals surface area contributed by atoms with Crippen molar-refractivity contribution in [2.24, 2.45) is 0 Å². The molecule has 0 unspecified atom stereocenters. The van der Waals surface area contributed by atoms with E-state index in [9.17, 15) is 23.3 Å². The molecular formula is C19H18N4O5S2. The first-order valence-electron chi connectivity index (χ1n) is 8.46. The molecule has 0 radical (unpaired) electrons. The van der Waals surface area contributed by atoms with Crippen molar-refractivity contribution in [3.8, 4) is 0 Å². The van der Waals surface area contributed by atoms with E-state index in [1.165, 1.54) is 66.8 Å². The summed E-state index contributed by atoms with van der Waals surface area (Å²) >= 11 is 5.06. The molecule has 156 valence electrons. The van der Waals surface area contributed by atoms with Gasteiger partial charge in [-0.3, -0.25) is 20.2 Å². The van der Waals surface area contributed by atoms with Gasteiger partial charge < -0.3 is 5.32 Å². The summed E-state index contributed by atoms with van der Waals surface area (Å²) in [6.45, 7) is 3.57. The van der Waals surface area contributed by atoms with Crippen LogP contribution in [0, 0.1) is 10.1 Å². The molecule has 0 aliphatic heterocycles. The number of sulfonamides is 1. The third kappa shape index (κ3) is 6.88. The number of nitro groups is 1. The molecular weight excluding hydrogens is 428 g/mol. The van der Waals surface area contributed by atoms with Gasteiger partial charge in [0.05, 0.1) is 9.82 Å². The van der Waals surface area contributed by atoms with Crippen molar-refractivity contribution in [1.82, 2.24) is 10.0 Å². The van der Waals surface area contributed by atoms with E-state index in [2.05, 4.69) is 21.9 Å². The third-order valence-electron chi connectivity index (χ3n) is 3.61. The molecule has 11 heteroatoms. The maximum atomic E-state index is 12.0. The number of nitro benzene ring substituents is 1. The number of amides is 1. The quantitative estimate of drug-likeness (QED) is 0.187. The first-order valence-corrected chi connectivity index (χ1v) is 10.4. The molecule has 0 saturated carbocycles. The number of thiocarbonyl (C=S) groups is 1. The zero-order valence-corrected chi connectivity index (χ0v) is 17.2. The van der Waals surface area contributed by atoms with Crippen molar-refractivity contribution in [3.63, 3.8) is 0 Å². The Labute approximate surface area is 178 Å². The van der Waals surface area contributed by atoms with Crippen LogP contribution in [-0.4, -0.2) is 30.9 Å². The fraction of sp³-hybridized carbons (Fsp3) is 0.0526. The monoisotopic (exact) mass is 446 g/mol. The Balaban J connectivity index is 1.91. The minimum Gasteiger partial charge on any atom is -0.332 e. The van der Waals surface area contributed by atoms with E-state index in [4.69, 9.17) is 12.2 Å². The molecule has 0 atom stereocenters. The standard InChI is InChI=1S/C19H18N4O5S2/c1-2-13-20-30(27,28)17-10-6-15(7-11-17)21-19(29)22-18(24)12-5-14-3-8-16(9-4-14)23(25)26/h2-12,20H,1,13H2,(H2,21,22,24,29)/b12-5+. The Morgan fingerprint density at radius 1 is 1.13 bits per heavy atom. The van der Waals surface area contributed by atoms with Crippen molar-refractivity contribution < 1.29 is 18.1 Å². The van der Waals surface area contributed by atoms with Gasteiger partial charge in [0.1, 0.15) is 0 Å². The van der Waals surface area contributed by atoms with Gasteiger partial charge in [-0.05, 0) is 60.3 Å². The van der Waals surface area contributed by atoms with Crippen LogP contribution in [0.3, 0.4) is 0 Å². The van der Waals surface area contributed by atoms with E-state index in [0.717, 1.165) is 0 Å². The van der Waals surface area contributed by atoms with Crippen molar-refractivity contribution in [2.75, 3.05) is 11.9 Å². The van der Waals surface area contributed by atoms with Crippen LogP contribution in [-0.2, 0) is 14.8 Å². The normalized spacial score (nSPS) is 11.1. The molecule has 3 N–H and O–H groups in total. The zero-order valence-electron chi connectivity index (χ0n) is 15.6. The zero-order chi connectivity index (χ0) is 22.1. The average Bonchev–Trinajstić information content (AvgIpc) is 2.71. The number of nitrogens with zero attached hydrogens (tertiary/aromatic N) is 1.